The minimum absolute atomic E-state index is 0.223. The number of aromatic nitrogens is 4. The molecule has 0 aliphatic heterocycles. The number of carbonyl (C=O) groups is 1. The molecule has 0 saturated heterocycles. The second-order valence-electron chi connectivity index (χ2n) is 7.79. The zero-order chi connectivity index (χ0) is 25.9. The number of hydrogen-bond acceptors (Lipinski definition) is 8. The van der Waals surface area contributed by atoms with Crippen LogP contribution in [0.3, 0.4) is 0 Å². The predicted molar refractivity (Wildman–Crippen MR) is 139 cm³/mol. The molecule has 0 atom stereocenters. The Kier molecular flexibility index (Phi) is 11.9. The molecule has 188 valence electrons. The maximum absolute atomic E-state index is 12.1. The summed E-state index contributed by atoms with van der Waals surface area (Å²) < 4.78 is 12.5. The van der Waals surface area contributed by atoms with Gasteiger partial charge in [0.05, 0.1) is 20.1 Å². The van der Waals surface area contributed by atoms with Crippen molar-refractivity contribution in [2.75, 3.05) is 19.5 Å². The molecule has 0 radical (unpaired) electrons. The van der Waals surface area contributed by atoms with Gasteiger partial charge in [-0.1, -0.05) is 59.4 Å². The average molecular weight is 490 g/mol. The fraction of sp³-hybridized carbons (Fsp3) is 0.520. The van der Waals surface area contributed by atoms with E-state index in [0.717, 1.165) is 21.4 Å². The molecule has 3 rings (SSSR count). The molecule has 3 aromatic rings. The lowest BCUT2D eigenvalue weighted by Crippen LogP contribution is -2.25. The normalized spacial score (nSPS) is 10.6. The number of nitrogens with two attached hydrogens (primary N) is 1. The van der Waals surface area contributed by atoms with Crippen LogP contribution in [-0.4, -0.2) is 39.2 Å². The molecule has 9 heteroatoms. The summed E-state index contributed by atoms with van der Waals surface area (Å²) >= 11 is 1.51. The van der Waals surface area contributed by atoms with Gasteiger partial charge in [0.25, 0.3) is 0 Å². The minimum Gasteiger partial charge on any atom is -0.497 e. The van der Waals surface area contributed by atoms with Gasteiger partial charge in [-0.3, -0.25) is 4.79 Å². The standard InChI is InChI=1S/C21H27N5O3S.2C2H6/c1-6-29-16(27)10-21(3,4)11-26-19-17(18(22)23-12-24-19)25-20(26)30-15-9-14(28-5)8-7-13(15)2;2*1-2/h7-9,12H,6,10-11H2,1-5H3,(H2,22,23,24);2*1-2H3. The number of methoxy groups -OCH3 is 1. The molecule has 0 spiro atoms. The second-order valence-corrected chi connectivity index (χ2v) is 8.80. The van der Waals surface area contributed by atoms with Gasteiger partial charge in [-0.05, 0) is 37.0 Å². The molecule has 2 heterocycles. The quantitative estimate of drug-likeness (QED) is 0.389. The van der Waals surface area contributed by atoms with Crippen LogP contribution in [0.15, 0.2) is 34.6 Å². The molecule has 1 aromatic carbocycles. The lowest BCUT2D eigenvalue weighted by atomic mass is 9.89. The molecular weight excluding hydrogens is 450 g/mol. The number of hydrogen-bond donors (Lipinski definition) is 1. The monoisotopic (exact) mass is 489 g/mol. The number of nitrogen functional groups attached to an aromatic ring is 1. The smallest absolute Gasteiger partial charge is 0.306 e. The van der Waals surface area contributed by atoms with Crippen LogP contribution in [0.25, 0.3) is 11.2 Å². The van der Waals surface area contributed by atoms with Crippen molar-refractivity contribution in [2.45, 2.75) is 78.4 Å². The Morgan fingerprint density at radius 1 is 1.18 bits per heavy atom. The van der Waals surface area contributed by atoms with Gasteiger partial charge < -0.3 is 19.8 Å². The summed E-state index contributed by atoms with van der Waals surface area (Å²) in [5.74, 6) is 0.873. The first kappa shape index (κ1) is 29.2. The Hall–Kier alpha value is -2.81. The van der Waals surface area contributed by atoms with Gasteiger partial charge in [-0.15, -0.1) is 0 Å². The summed E-state index contributed by atoms with van der Waals surface area (Å²) in [6.07, 6.45) is 1.71. The Labute approximate surface area is 207 Å². The van der Waals surface area contributed by atoms with Crippen LogP contribution in [0.1, 0.15) is 60.5 Å². The highest BCUT2D eigenvalue weighted by Crippen LogP contribution is 2.36. The molecule has 2 N–H and O–H groups in total. The van der Waals surface area contributed by atoms with Crippen LogP contribution in [0.2, 0.25) is 0 Å². The Bertz CT molecular complexity index is 1070. The second kappa shape index (κ2) is 13.8. The van der Waals surface area contributed by atoms with Gasteiger partial charge in [-0.25, -0.2) is 15.0 Å². The number of ether oxygens (including phenoxy) is 2. The first-order valence-corrected chi connectivity index (χ1v) is 12.5. The number of rotatable bonds is 8. The summed E-state index contributed by atoms with van der Waals surface area (Å²) in [5.41, 5.74) is 7.98. The van der Waals surface area contributed by atoms with E-state index in [9.17, 15) is 4.79 Å². The van der Waals surface area contributed by atoms with Crippen LogP contribution < -0.4 is 10.5 Å². The summed E-state index contributed by atoms with van der Waals surface area (Å²) in [4.78, 5) is 26.3. The van der Waals surface area contributed by atoms with E-state index in [-0.39, 0.29) is 17.8 Å². The maximum atomic E-state index is 12.1. The number of aryl methyl sites for hydroxylation is 1. The van der Waals surface area contributed by atoms with Crippen LogP contribution in [0.5, 0.6) is 5.75 Å². The van der Waals surface area contributed by atoms with Crippen molar-refractivity contribution in [1.82, 2.24) is 19.5 Å². The van der Waals surface area contributed by atoms with Crippen molar-refractivity contribution >= 4 is 34.7 Å². The fourth-order valence-electron chi connectivity index (χ4n) is 3.16. The Morgan fingerprint density at radius 2 is 1.85 bits per heavy atom. The highest BCUT2D eigenvalue weighted by atomic mass is 32.2. The largest absolute Gasteiger partial charge is 0.497 e. The number of fused-ring (bicyclic) bond motifs is 1. The Balaban J connectivity index is 0.00000137. The van der Waals surface area contributed by atoms with Crippen molar-refractivity contribution in [3.05, 3.63) is 30.1 Å². The molecule has 34 heavy (non-hydrogen) atoms. The number of esters is 1. The van der Waals surface area contributed by atoms with Crippen molar-refractivity contribution in [2.24, 2.45) is 5.41 Å². The zero-order valence-electron chi connectivity index (χ0n) is 21.9. The minimum atomic E-state index is -0.377. The van der Waals surface area contributed by atoms with E-state index in [2.05, 4.69) is 9.97 Å². The number of imidazole rings is 1. The molecule has 0 bridgehead atoms. The van der Waals surface area contributed by atoms with E-state index in [0.29, 0.717) is 30.1 Å². The number of benzene rings is 1. The first-order valence-electron chi connectivity index (χ1n) is 11.7. The maximum Gasteiger partial charge on any atom is 0.306 e. The van der Waals surface area contributed by atoms with E-state index < -0.39 is 0 Å². The van der Waals surface area contributed by atoms with Gasteiger partial charge in [0, 0.05) is 11.4 Å². The third-order valence-corrected chi connectivity index (χ3v) is 5.79. The van der Waals surface area contributed by atoms with Gasteiger partial charge in [0.15, 0.2) is 22.1 Å². The summed E-state index contributed by atoms with van der Waals surface area (Å²) in [7, 11) is 1.64. The number of anilines is 1. The fourth-order valence-corrected chi connectivity index (χ4v) is 4.16. The molecule has 8 nitrogen and oxygen atoms in total. The molecule has 0 aliphatic rings. The lowest BCUT2D eigenvalue weighted by Gasteiger charge is -2.25. The van der Waals surface area contributed by atoms with Gasteiger partial charge in [0.1, 0.15) is 12.1 Å². The van der Waals surface area contributed by atoms with E-state index in [1.54, 1.807) is 14.0 Å². The van der Waals surface area contributed by atoms with Gasteiger partial charge in [0.2, 0.25) is 0 Å². The summed E-state index contributed by atoms with van der Waals surface area (Å²) in [6, 6.07) is 5.91. The van der Waals surface area contributed by atoms with Crippen molar-refractivity contribution in [3.63, 3.8) is 0 Å². The van der Waals surface area contributed by atoms with Gasteiger partial charge in [-0.2, -0.15) is 0 Å². The van der Waals surface area contributed by atoms with E-state index in [1.807, 2.05) is 71.2 Å². The third-order valence-electron chi connectivity index (χ3n) is 4.64. The van der Waals surface area contributed by atoms with Crippen molar-refractivity contribution in [1.29, 1.82) is 0 Å². The van der Waals surface area contributed by atoms with E-state index in [1.165, 1.54) is 18.1 Å². The highest BCUT2D eigenvalue weighted by molar-refractivity contribution is 7.99. The lowest BCUT2D eigenvalue weighted by molar-refractivity contribution is -0.145. The molecule has 2 aromatic heterocycles. The van der Waals surface area contributed by atoms with Crippen molar-refractivity contribution in [3.8, 4) is 5.75 Å². The number of carbonyl (C=O) groups excluding carboxylic acids is 1. The average Bonchev–Trinajstić information content (AvgIpc) is 3.15. The van der Waals surface area contributed by atoms with Crippen LogP contribution in [0.4, 0.5) is 5.82 Å². The van der Waals surface area contributed by atoms with Crippen LogP contribution in [0, 0.1) is 12.3 Å². The topological polar surface area (TPSA) is 105 Å². The SMILES string of the molecule is CC.CC.CCOC(=O)CC(C)(C)Cn1c(Sc2cc(OC)ccc2C)nc2c(N)ncnc21. The van der Waals surface area contributed by atoms with Crippen LogP contribution >= 0.6 is 11.8 Å². The number of nitrogens with zero attached hydrogens (tertiary/aromatic N) is 4. The molecule has 0 aliphatic carbocycles. The van der Waals surface area contributed by atoms with E-state index in [4.69, 9.17) is 20.2 Å². The molecule has 0 fully saturated rings. The van der Waals surface area contributed by atoms with Gasteiger partial charge >= 0.3 is 5.97 Å². The first-order chi connectivity index (χ1) is 16.2. The zero-order valence-corrected chi connectivity index (χ0v) is 22.7. The molecule has 0 unspecified atom stereocenters. The van der Waals surface area contributed by atoms with Crippen molar-refractivity contribution < 1.29 is 14.3 Å². The Morgan fingerprint density at radius 3 is 2.47 bits per heavy atom. The summed E-state index contributed by atoms with van der Waals surface area (Å²) in [6.45, 7) is 16.8. The predicted octanol–water partition coefficient (Wildman–Crippen LogP) is 5.91. The summed E-state index contributed by atoms with van der Waals surface area (Å²) in [5, 5.41) is 0.727. The van der Waals surface area contributed by atoms with E-state index >= 15 is 0 Å². The molecule has 0 saturated carbocycles. The third kappa shape index (κ3) is 7.62. The van der Waals surface area contributed by atoms with Crippen LogP contribution in [-0.2, 0) is 16.1 Å². The molecule has 0 amide bonds. The highest BCUT2D eigenvalue weighted by Gasteiger charge is 2.27. The molecular formula is C25H39N5O3S.